The molecule has 0 aromatic heterocycles. The summed E-state index contributed by atoms with van der Waals surface area (Å²) in [6.07, 6.45) is 0.907. The molecule has 0 amide bonds. The Balaban J connectivity index is 2.04. The van der Waals surface area contributed by atoms with Gasteiger partial charge in [-0.25, -0.2) is 4.39 Å². The van der Waals surface area contributed by atoms with E-state index in [-0.39, 0.29) is 11.9 Å². The second kappa shape index (κ2) is 6.69. The molecular weight excluding hydrogens is 261 g/mol. The summed E-state index contributed by atoms with van der Waals surface area (Å²) >= 11 is 5.95. The third-order valence-electron chi connectivity index (χ3n) is 3.10. The van der Waals surface area contributed by atoms with Crippen molar-refractivity contribution in [3.63, 3.8) is 0 Å². The molecule has 0 aliphatic carbocycles. The van der Waals surface area contributed by atoms with Crippen LogP contribution in [0.1, 0.15) is 30.5 Å². The van der Waals surface area contributed by atoms with Gasteiger partial charge in [-0.05, 0) is 41.8 Å². The molecule has 0 saturated carbocycles. The number of hydrogen-bond acceptors (Lipinski definition) is 1. The quantitative estimate of drug-likeness (QED) is 0.834. The van der Waals surface area contributed by atoms with Crippen LogP contribution in [0.15, 0.2) is 48.5 Å². The van der Waals surface area contributed by atoms with Gasteiger partial charge in [-0.2, -0.15) is 0 Å². The molecule has 0 saturated heterocycles. The minimum Gasteiger partial charge on any atom is -0.306 e. The van der Waals surface area contributed by atoms with E-state index in [0.717, 1.165) is 29.1 Å². The fraction of sp³-hybridized carbons (Fsp3) is 0.250. The lowest BCUT2D eigenvalue weighted by atomic mass is 10.0. The Morgan fingerprint density at radius 2 is 1.95 bits per heavy atom. The smallest absolute Gasteiger partial charge is 0.123 e. The van der Waals surface area contributed by atoms with Crippen LogP contribution in [0.5, 0.6) is 0 Å². The van der Waals surface area contributed by atoms with Crippen molar-refractivity contribution in [3.8, 4) is 0 Å². The van der Waals surface area contributed by atoms with Gasteiger partial charge in [0, 0.05) is 17.6 Å². The van der Waals surface area contributed by atoms with E-state index in [4.69, 9.17) is 11.6 Å². The first-order valence-electron chi connectivity index (χ1n) is 6.42. The van der Waals surface area contributed by atoms with Gasteiger partial charge in [0.2, 0.25) is 0 Å². The molecule has 1 N–H and O–H groups in total. The van der Waals surface area contributed by atoms with Crippen molar-refractivity contribution in [2.45, 2.75) is 25.9 Å². The summed E-state index contributed by atoms with van der Waals surface area (Å²) in [7, 11) is 0. The first-order chi connectivity index (χ1) is 9.19. The van der Waals surface area contributed by atoms with Gasteiger partial charge in [0.15, 0.2) is 0 Å². The van der Waals surface area contributed by atoms with E-state index >= 15 is 0 Å². The minimum atomic E-state index is -0.194. The number of nitrogens with one attached hydrogen (secondary N) is 1. The second-order valence-electron chi connectivity index (χ2n) is 4.53. The largest absolute Gasteiger partial charge is 0.306 e. The Morgan fingerprint density at radius 3 is 2.63 bits per heavy atom. The predicted octanol–water partition coefficient (Wildman–Crippen LogP) is 4.72. The van der Waals surface area contributed by atoms with Crippen LogP contribution < -0.4 is 5.32 Å². The molecule has 0 aliphatic heterocycles. The van der Waals surface area contributed by atoms with Gasteiger partial charge in [0.1, 0.15) is 5.82 Å². The van der Waals surface area contributed by atoms with Crippen molar-refractivity contribution in [2.75, 3.05) is 0 Å². The number of halogens is 2. The highest BCUT2D eigenvalue weighted by molar-refractivity contribution is 6.30. The maximum absolute atomic E-state index is 13.2. The molecule has 0 fully saturated rings. The Labute approximate surface area is 118 Å². The minimum absolute atomic E-state index is 0.148. The molecule has 0 radical (unpaired) electrons. The molecule has 2 aromatic rings. The Kier molecular flexibility index (Phi) is 4.94. The molecule has 0 aliphatic rings. The van der Waals surface area contributed by atoms with Gasteiger partial charge >= 0.3 is 0 Å². The van der Waals surface area contributed by atoms with Crippen LogP contribution in [0.25, 0.3) is 0 Å². The van der Waals surface area contributed by atoms with Gasteiger partial charge in [-0.1, -0.05) is 42.8 Å². The molecule has 100 valence electrons. The highest BCUT2D eigenvalue weighted by atomic mass is 35.5. The first-order valence-corrected chi connectivity index (χ1v) is 6.80. The number of benzene rings is 2. The van der Waals surface area contributed by atoms with E-state index < -0.39 is 0 Å². The van der Waals surface area contributed by atoms with E-state index in [9.17, 15) is 4.39 Å². The zero-order valence-electron chi connectivity index (χ0n) is 10.9. The van der Waals surface area contributed by atoms with Crippen molar-refractivity contribution < 1.29 is 4.39 Å². The lowest BCUT2D eigenvalue weighted by molar-refractivity contribution is 0.514. The molecule has 2 aromatic carbocycles. The summed E-state index contributed by atoms with van der Waals surface area (Å²) in [5, 5.41) is 4.17. The number of hydrogen-bond donors (Lipinski definition) is 1. The van der Waals surface area contributed by atoms with Crippen molar-refractivity contribution in [1.29, 1.82) is 0 Å². The van der Waals surface area contributed by atoms with Crippen LogP contribution in [-0.2, 0) is 6.54 Å². The van der Waals surface area contributed by atoms with Crippen molar-refractivity contribution in [1.82, 2.24) is 5.32 Å². The molecule has 1 atom stereocenters. The maximum Gasteiger partial charge on any atom is 0.123 e. The topological polar surface area (TPSA) is 12.0 Å². The molecule has 0 heterocycles. The highest BCUT2D eigenvalue weighted by Crippen LogP contribution is 2.18. The van der Waals surface area contributed by atoms with Crippen LogP contribution >= 0.6 is 11.6 Å². The Hall–Kier alpha value is -1.38. The fourth-order valence-corrected chi connectivity index (χ4v) is 2.32. The second-order valence-corrected chi connectivity index (χ2v) is 4.96. The predicted molar refractivity (Wildman–Crippen MR) is 77.7 cm³/mol. The molecule has 0 bridgehead atoms. The van der Waals surface area contributed by atoms with Crippen LogP contribution in [0.2, 0.25) is 5.02 Å². The highest BCUT2D eigenvalue weighted by Gasteiger charge is 2.09. The molecule has 1 unspecified atom stereocenters. The molecule has 3 heteroatoms. The summed E-state index contributed by atoms with van der Waals surface area (Å²) in [6, 6.07) is 14.6. The van der Waals surface area contributed by atoms with Gasteiger partial charge in [-0.15, -0.1) is 0 Å². The zero-order chi connectivity index (χ0) is 13.7. The fourth-order valence-electron chi connectivity index (χ4n) is 2.11. The van der Waals surface area contributed by atoms with E-state index in [1.54, 1.807) is 12.1 Å². The normalized spacial score (nSPS) is 12.4. The number of rotatable bonds is 5. The van der Waals surface area contributed by atoms with Crippen molar-refractivity contribution >= 4 is 11.6 Å². The maximum atomic E-state index is 13.2. The first kappa shape index (κ1) is 14.0. The van der Waals surface area contributed by atoms with E-state index in [1.165, 1.54) is 6.07 Å². The third kappa shape index (κ3) is 4.05. The van der Waals surface area contributed by atoms with Crippen LogP contribution in [0.4, 0.5) is 4.39 Å². The van der Waals surface area contributed by atoms with E-state index in [1.807, 2.05) is 30.3 Å². The Bertz CT molecular complexity index is 542. The molecule has 2 rings (SSSR count). The average molecular weight is 278 g/mol. The molecular formula is C16H17ClFN. The SMILES string of the molecule is CCC(NCc1cccc(Cl)c1)c1cccc(F)c1. The lowest BCUT2D eigenvalue weighted by Crippen LogP contribution is -2.20. The van der Waals surface area contributed by atoms with Gasteiger partial charge < -0.3 is 5.32 Å². The van der Waals surface area contributed by atoms with Gasteiger partial charge in [0.25, 0.3) is 0 Å². The van der Waals surface area contributed by atoms with Gasteiger partial charge in [-0.3, -0.25) is 0 Å². The summed E-state index contributed by atoms with van der Waals surface area (Å²) in [4.78, 5) is 0. The molecule has 1 nitrogen and oxygen atoms in total. The standard InChI is InChI=1S/C16H17ClFN/c1-2-16(13-6-4-8-15(18)10-13)19-11-12-5-3-7-14(17)9-12/h3-10,16,19H,2,11H2,1H3. The Morgan fingerprint density at radius 1 is 1.16 bits per heavy atom. The van der Waals surface area contributed by atoms with Crippen molar-refractivity contribution in [2.24, 2.45) is 0 Å². The van der Waals surface area contributed by atoms with Crippen LogP contribution in [0.3, 0.4) is 0 Å². The summed E-state index contributed by atoms with van der Waals surface area (Å²) in [6.45, 7) is 2.80. The molecule has 19 heavy (non-hydrogen) atoms. The summed E-state index contributed by atoms with van der Waals surface area (Å²) in [5.74, 6) is -0.194. The third-order valence-corrected chi connectivity index (χ3v) is 3.34. The van der Waals surface area contributed by atoms with E-state index in [0.29, 0.717) is 0 Å². The van der Waals surface area contributed by atoms with E-state index in [2.05, 4.69) is 12.2 Å². The summed E-state index contributed by atoms with van der Waals surface area (Å²) in [5.41, 5.74) is 2.10. The van der Waals surface area contributed by atoms with Crippen LogP contribution in [0, 0.1) is 5.82 Å². The summed E-state index contributed by atoms with van der Waals surface area (Å²) < 4.78 is 13.2. The average Bonchev–Trinajstić information content (AvgIpc) is 2.40. The molecule has 0 spiro atoms. The lowest BCUT2D eigenvalue weighted by Gasteiger charge is -2.17. The van der Waals surface area contributed by atoms with Gasteiger partial charge in [0.05, 0.1) is 0 Å². The zero-order valence-corrected chi connectivity index (χ0v) is 11.6. The van der Waals surface area contributed by atoms with Crippen LogP contribution in [-0.4, -0.2) is 0 Å². The monoisotopic (exact) mass is 277 g/mol. The van der Waals surface area contributed by atoms with Crippen molar-refractivity contribution in [3.05, 3.63) is 70.5 Å².